The summed E-state index contributed by atoms with van der Waals surface area (Å²) in [6, 6.07) is 22.4. The first-order chi connectivity index (χ1) is 11.7. The predicted molar refractivity (Wildman–Crippen MR) is 94.8 cm³/mol. The fourth-order valence-electron chi connectivity index (χ4n) is 2.28. The van der Waals surface area contributed by atoms with Crippen molar-refractivity contribution in [2.75, 3.05) is 5.32 Å². The molecule has 0 aliphatic heterocycles. The van der Waals surface area contributed by atoms with Crippen molar-refractivity contribution < 1.29 is 9.59 Å². The molecule has 0 bridgehead atoms. The maximum absolute atomic E-state index is 11.8. The van der Waals surface area contributed by atoms with Gasteiger partial charge in [-0.05, 0) is 22.9 Å². The molecule has 0 aliphatic carbocycles. The van der Waals surface area contributed by atoms with Gasteiger partial charge in [0.2, 0.25) is 0 Å². The van der Waals surface area contributed by atoms with E-state index in [9.17, 15) is 9.59 Å². The lowest BCUT2D eigenvalue weighted by Crippen LogP contribution is -2.32. The number of rotatable bonds is 3. The lowest BCUT2D eigenvalue weighted by Gasteiger charge is -2.03. The van der Waals surface area contributed by atoms with Gasteiger partial charge in [0.15, 0.2) is 0 Å². The Labute approximate surface area is 139 Å². The van der Waals surface area contributed by atoms with Crippen LogP contribution in [0.15, 0.2) is 77.9 Å². The van der Waals surface area contributed by atoms with Crippen molar-refractivity contribution in [2.24, 2.45) is 5.10 Å². The van der Waals surface area contributed by atoms with Crippen molar-refractivity contribution in [1.82, 2.24) is 5.43 Å². The van der Waals surface area contributed by atoms with Crippen LogP contribution in [0.3, 0.4) is 0 Å². The van der Waals surface area contributed by atoms with Crippen LogP contribution < -0.4 is 10.7 Å². The highest BCUT2D eigenvalue weighted by Gasteiger charge is 2.12. The molecule has 0 radical (unpaired) electrons. The second-order valence-corrected chi connectivity index (χ2v) is 5.09. The summed E-state index contributed by atoms with van der Waals surface area (Å²) >= 11 is 0. The largest absolute Gasteiger partial charge is 0.329 e. The number of nitrogens with zero attached hydrogens (tertiary/aromatic N) is 1. The average Bonchev–Trinajstić information content (AvgIpc) is 2.62. The Morgan fingerprint density at radius 2 is 1.50 bits per heavy atom. The van der Waals surface area contributed by atoms with Gasteiger partial charge in [0, 0.05) is 11.3 Å². The highest BCUT2D eigenvalue weighted by Crippen LogP contribution is 2.16. The molecule has 0 fully saturated rings. The van der Waals surface area contributed by atoms with Gasteiger partial charge in [0.05, 0.1) is 6.21 Å². The van der Waals surface area contributed by atoms with Crippen LogP contribution in [0.5, 0.6) is 0 Å². The van der Waals surface area contributed by atoms with E-state index in [-0.39, 0.29) is 0 Å². The SMILES string of the molecule is O=C(N/N=C/c1cccc2ccccc12)C(=O)Nc1ccccc1. The van der Waals surface area contributed by atoms with E-state index in [0.717, 1.165) is 16.3 Å². The summed E-state index contributed by atoms with van der Waals surface area (Å²) in [5.74, 6) is -1.59. The van der Waals surface area contributed by atoms with E-state index in [2.05, 4.69) is 15.8 Å². The van der Waals surface area contributed by atoms with Crippen LogP contribution in [0.2, 0.25) is 0 Å². The monoisotopic (exact) mass is 317 g/mol. The van der Waals surface area contributed by atoms with E-state index in [4.69, 9.17) is 0 Å². The second-order valence-electron chi connectivity index (χ2n) is 5.09. The normalized spacial score (nSPS) is 10.7. The number of para-hydroxylation sites is 1. The quantitative estimate of drug-likeness (QED) is 0.443. The summed E-state index contributed by atoms with van der Waals surface area (Å²) in [4.78, 5) is 23.5. The van der Waals surface area contributed by atoms with Crippen molar-refractivity contribution in [1.29, 1.82) is 0 Å². The predicted octanol–water partition coefficient (Wildman–Crippen LogP) is 2.93. The molecule has 2 N–H and O–H groups in total. The summed E-state index contributed by atoms with van der Waals surface area (Å²) in [6.07, 6.45) is 1.52. The molecule has 2 amide bonds. The molecule has 5 heteroatoms. The van der Waals surface area contributed by atoms with Gasteiger partial charge in [-0.2, -0.15) is 5.10 Å². The number of carbonyl (C=O) groups excluding carboxylic acids is 2. The van der Waals surface area contributed by atoms with Gasteiger partial charge < -0.3 is 5.32 Å². The molecular formula is C19H15N3O2. The molecule has 0 unspecified atom stereocenters. The minimum atomic E-state index is -0.824. The molecule has 0 saturated heterocycles. The van der Waals surface area contributed by atoms with E-state index >= 15 is 0 Å². The number of benzene rings is 3. The molecule has 0 heterocycles. The van der Waals surface area contributed by atoms with E-state index in [0.29, 0.717) is 5.69 Å². The summed E-state index contributed by atoms with van der Waals surface area (Å²) < 4.78 is 0. The molecule has 0 aromatic heterocycles. The molecule has 3 aromatic carbocycles. The second kappa shape index (κ2) is 7.19. The van der Waals surface area contributed by atoms with Gasteiger partial charge in [-0.15, -0.1) is 0 Å². The molecule has 5 nitrogen and oxygen atoms in total. The van der Waals surface area contributed by atoms with Crippen molar-refractivity contribution >= 4 is 34.5 Å². The maximum atomic E-state index is 11.8. The Morgan fingerprint density at radius 1 is 0.792 bits per heavy atom. The first-order valence-corrected chi connectivity index (χ1v) is 7.41. The number of fused-ring (bicyclic) bond motifs is 1. The summed E-state index contributed by atoms with van der Waals surface area (Å²) in [7, 11) is 0. The van der Waals surface area contributed by atoms with Crippen LogP contribution in [0.4, 0.5) is 5.69 Å². The lowest BCUT2D eigenvalue weighted by molar-refractivity contribution is -0.136. The molecule has 3 aromatic rings. The van der Waals surface area contributed by atoms with Crippen LogP contribution in [0, 0.1) is 0 Å². The van der Waals surface area contributed by atoms with Crippen LogP contribution >= 0.6 is 0 Å². The van der Waals surface area contributed by atoms with E-state index in [1.165, 1.54) is 6.21 Å². The Morgan fingerprint density at radius 3 is 2.33 bits per heavy atom. The third kappa shape index (κ3) is 3.64. The van der Waals surface area contributed by atoms with E-state index in [1.54, 1.807) is 24.3 Å². The standard InChI is InChI=1S/C19H15N3O2/c23-18(21-16-10-2-1-3-11-16)19(24)22-20-13-15-9-6-8-14-7-4-5-12-17(14)15/h1-13H,(H,21,23)(H,22,24)/b20-13+. The first-order valence-electron chi connectivity index (χ1n) is 7.41. The van der Waals surface area contributed by atoms with Gasteiger partial charge in [-0.25, -0.2) is 5.43 Å². The van der Waals surface area contributed by atoms with Crippen LogP contribution in [0.25, 0.3) is 10.8 Å². The van der Waals surface area contributed by atoms with Crippen LogP contribution in [0.1, 0.15) is 5.56 Å². The summed E-state index contributed by atoms with van der Waals surface area (Å²) in [5, 5.41) is 8.46. The molecule has 0 saturated carbocycles. The van der Waals surface area contributed by atoms with E-state index in [1.807, 2.05) is 48.5 Å². The molecule has 118 valence electrons. The maximum Gasteiger partial charge on any atom is 0.329 e. The Kier molecular flexibility index (Phi) is 4.62. The van der Waals surface area contributed by atoms with Crippen molar-refractivity contribution in [2.45, 2.75) is 0 Å². The third-order valence-electron chi connectivity index (χ3n) is 3.43. The van der Waals surface area contributed by atoms with Gasteiger partial charge in [0.25, 0.3) is 0 Å². The number of carbonyl (C=O) groups is 2. The molecule has 0 atom stereocenters. The smallest absolute Gasteiger partial charge is 0.318 e. The zero-order valence-electron chi connectivity index (χ0n) is 12.8. The number of nitrogens with one attached hydrogen (secondary N) is 2. The van der Waals surface area contributed by atoms with Gasteiger partial charge in [-0.1, -0.05) is 60.7 Å². The minimum Gasteiger partial charge on any atom is -0.318 e. The average molecular weight is 317 g/mol. The zero-order chi connectivity index (χ0) is 16.8. The topological polar surface area (TPSA) is 70.6 Å². The lowest BCUT2D eigenvalue weighted by atomic mass is 10.1. The molecule has 24 heavy (non-hydrogen) atoms. The Hall–Kier alpha value is -3.47. The number of hydrogen-bond donors (Lipinski definition) is 2. The zero-order valence-corrected chi connectivity index (χ0v) is 12.8. The minimum absolute atomic E-state index is 0.552. The number of hydrogen-bond acceptors (Lipinski definition) is 3. The van der Waals surface area contributed by atoms with Crippen molar-refractivity contribution in [3.63, 3.8) is 0 Å². The molecule has 0 aliphatic rings. The summed E-state index contributed by atoms with van der Waals surface area (Å²) in [5.41, 5.74) is 3.64. The number of amides is 2. The highest BCUT2D eigenvalue weighted by atomic mass is 16.2. The highest BCUT2D eigenvalue weighted by molar-refractivity contribution is 6.39. The van der Waals surface area contributed by atoms with Gasteiger partial charge in [-0.3, -0.25) is 9.59 Å². The van der Waals surface area contributed by atoms with Gasteiger partial charge in [0.1, 0.15) is 0 Å². The van der Waals surface area contributed by atoms with Crippen molar-refractivity contribution in [3.05, 3.63) is 78.4 Å². The van der Waals surface area contributed by atoms with Crippen LogP contribution in [-0.4, -0.2) is 18.0 Å². The third-order valence-corrected chi connectivity index (χ3v) is 3.43. The molecule has 3 rings (SSSR count). The summed E-state index contributed by atoms with van der Waals surface area (Å²) in [6.45, 7) is 0. The van der Waals surface area contributed by atoms with E-state index < -0.39 is 11.8 Å². The fourth-order valence-corrected chi connectivity index (χ4v) is 2.28. The first kappa shape index (κ1) is 15.4. The Bertz CT molecular complexity index is 899. The molecular weight excluding hydrogens is 302 g/mol. The van der Waals surface area contributed by atoms with Crippen molar-refractivity contribution in [3.8, 4) is 0 Å². The van der Waals surface area contributed by atoms with Crippen LogP contribution in [-0.2, 0) is 9.59 Å². The number of hydrazone groups is 1. The molecule has 0 spiro atoms. The Balaban J connectivity index is 1.65. The van der Waals surface area contributed by atoms with Gasteiger partial charge >= 0.3 is 11.8 Å². The fraction of sp³-hybridized carbons (Fsp3) is 0. The number of anilines is 1.